The van der Waals surface area contributed by atoms with Crippen molar-refractivity contribution in [2.24, 2.45) is 4.99 Å². The highest BCUT2D eigenvalue weighted by Gasteiger charge is 2.20. The van der Waals surface area contributed by atoms with E-state index in [0.717, 1.165) is 45.4 Å². The van der Waals surface area contributed by atoms with Crippen molar-refractivity contribution in [2.45, 2.75) is 39.2 Å². The van der Waals surface area contributed by atoms with Gasteiger partial charge in [-0.15, -0.1) is 11.3 Å². The molecular weight excluding hydrogens is 472 g/mol. The van der Waals surface area contributed by atoms with Gasteiger partial charge in [0.1, 0.15) is 17.7 Å². The van der Waals surface area contributed by atoms with Crippen LogP contribution in [0.4, 0.5) is 5.00 Å². The van der Waals surface area contributed by atoms with E-state index >= 15 is 0 Å². The minimum Gasteiger partial charge on any atom is -0.490 e. The van der Waals surface area contributed by atoms with Gasteiger partial charge in [0.05, 0.1) is 16.6 Å². The van der Waals surface area contributed by atoms with Crippen LogP contribution in [0.5, 0.6) is 11.5 Å². The molecule has 0 saturated carbocycles. The SMILES string of the molecule is CCOc1cc(C=Nc2sc3c(c2C#N)CCCC3)cc(Br)c1OCc1ccccc1. The first-order chi connectivity index (χ1) is 15.2. The first-order valence-electron chi connectivity index (χ1n) is 10.4. The fourth-order valence-corrected chi connectivity index (χ4v) is 5.44. The number of hydrogen-bond donors (Lipinski definition) is 0. The zero-order valence-corrected chi connectivity index (χ0v) is 19.8. The monoisotopic (exact) mass is 494 g/mol. The molecule has 1 aliphatic carbocycles. The molecular formula is C25H23BrN2O2S. The van der Waals surface area contributed by atoms with Gasteiger partial charge in [-0.1, -0.05) is 30.3 Å². The zero-order valence-electron chi connectivity index (χ0n) is 17.4. The second-order valence-electron chi connectivity index (χ2n) is 7.30. The predicted molar refractivity (Wildman–Crippen MR) is 129 cm³/mol. The van der Waals surface area contributed by atoms with Crippen molar-refractivity contribution in [1.29, 1.82) is 5.26 Å². The molecule has 1 heterocycles. The van der Waals surface area contributed by atoms with Crippen molar-refractivity contribution in [3.63, 3.8) is 0 Å². The highest BCUT2D eigenvalue weighted by Crippen LogP contribution is 2.40. The summed E-state index contributed by atoms with van der Waals surface area (Å²) in [7, 11) is 0. The number of aryl methyl sites for hydroxylation is 1. The maximum Gasteiger partial charge on any atom is 0.175 e. The van der Waals surface area contributed by atoms with Gasteiger partial charge in [-0.25, -0.2) is 4.99 Å². The van der Waals surface area contributed by atoms with Crippen molar-refractivity contribution < 1.29 is 9.47 Å². The lowest BCUT2D eigenvalue weighted by atomic mass is 9.96. The van der Waals surface area contributed by atoms with Crippen LogP contribution in [0.3, 0.4) is 0 Å². The van der Waals surface area contributed by atoms with Gasteiger partial charge >= 0.3 is 0 Å². The smallest absolute Gasteiger partial charge is 0.175 e. The van der Waals surface area contributed by atoms with E-state index in [1.54, 1.807) is 17.6 Å². The summed E-state index contributed by atoms with van der Waals surface area (Å²) in [5, 5.41) is 10.4. The lowest BCUT2D eigenvalue weighted by Crippen LogP contribution is -2.01. The van der Waals surface area contributed by atoms with Crippen LogP contribution in [0.1, 0.15) is 46.9 Å². The Kier molecular flexibility index (Phi) is 7.06. The number of rotatable bonds is 7. The molecule has 0 fully saturated rings. The normalized spacial score (nSPS) is 13.1. The van der Waals surface area contributed by atoms with Gasteiger partial charge in [0.15, 0.2) is 11.5 Å². The highest BCUT2D eigenvalue weighted by molar-refractivity contribution is 9.10. The van der Waals surface area contributed by atoms with Gasteiger partial charge in [-0.05, 0) is 77.4 Å². The van der Waals surface area contributed by atoms with Crippen molar-refractivity contribution >= 4 is 38.5 Å². The third kappa shape index (κ3) is 5.00. The maximum atomic E-state index is 9.65. The molecule has 2 aromatic carbocycles. The minimum atomic E-state index is 0.458. The molecule has 0 radical (unpaired) electrons. The molecule has 0 aliphatic heterocycles. The van der Waals surface area contributed by atoms with Crippen LogP contribution in [0.15, 0.2) is 51.9 Å². The summed E-state index contributed by atoms with van der Waals surface area (Å²) in [5.41, 5.74) is 3.92. The molecule has 0 bridgehead atoms. The lowest BCUT2D eigenvalue weighted by molar-refractivity contribution is 0.267. The van der Waals surface area contributed by atoms with E-state index in [4.69, 9.17) is 9.47 Å². The molecule has 6 heteroatoms. The quantitative estimate of drug-likeness (QED) is 0.332. The van der Waals surface area contributed by atoms with E-state index < -0.39 is 0 Å². The Bertz CT molecular complexity index is 1130. The Hall–Kier alpha value is -2.62. The molecule has 158 valence electrons. The fourth-order valence-electron chi connectivity index (χ4n) is 3.69. The number of nitriles is 1. The van der Waals surface area contributed by atoms with E-state index in [1.807, 2.05) is 49.4 Å². The zero-order chi connectivity index (χ0) is 21.6. The Balaban J connectivity index is 1.59. The largest absolute Gasteiger partial charge is 0.490 e. The average Bonchev–Trinajstić information content (AvgIpc) is 3.15. The Morgan fingerprint density at radius 2 is 1.97 bits per heavy atom. The standard InChI is InChI=1S/C25H23BrN2O2S/c1-2-29-22-13-18(12-21(26)24(22)30-16-17-8-4-3-5-9-17)15-28-25-20(14-27)19-10-6-7-11-23(19)31-25/h3-5,8-9,12-13,15H,2,6-7,10-11,16H2,1H3. The molecule has 31 heavy (non-hydrogen) atoms. The molecule has 1 aromatic heterocycles. The molecule has 0 unspecified atom stereocenters. The van der Waals surface area contributed by atoms with E-state index in [2.05, 4.69) is 27.0 Å². The summed E-state index contributed by atoms with van der Waals surface area (Å²) >= 11 is 5.27. The van der Waals surface area contributed by atoms with Crippen LogP contribution in [-0.4, -0.2) is 12.8 Å². The number of thiophene rings is 1. The van der Waals surface area contributed by atoms with Gasteiger partial charge in [-0.2, -0.15) is 5.26 Å². The van der Waals surface area contributed by atoms with E-state index in [0.29, 0.717) is 24.7 Å². The molecule has 3 aromatic rings. The summed E-state index contributed by atoms with van der Waals surface area (Å²) in [6, 6.07) is 16.3. The van der Waals surface area contributed by atoms with Crippen LogP contribution in [-0.2, 0) is 19.4 Å². The number of aliphatic imine (C=N–C) groups is 1. The van der Waals surface area contributed by atoms with E-state index in [1.165, 1.54) is 16.9 Å². The Morgan fingerprint density at radius 3 is 2.74 bits per heavy atom. The first-order valence-corrected chi connectivity index (χ1v) is 12.0. The number of nitrogens with zero attached hydrogens (tertiary/aromatic N) is 2. The van der Waals surface area contributed by atoms with Crippen LogP contribution in [0, 0.1) is 11.3 Å². The topological polar surface area (TPSA) is 54.6 Å². The first kappa shape index (κ1) is 21.6. The number of fused-ring (bicyclic) bond motifs is 1. The van der Waals surface area contributed by atoms with Crippen molar-refractivity contribution in [2.75, 3.05) is 6.61 Å². The molecule has 4 nitrogen and oxygen atoms in total. The maximum absolute atomic E-state index is 9.65. The Labute approximate surface area is 195 Å². The molecule has 0 spiro atoms. The van der Waals surface area contributed by atoms with Crippen LogP contribution in [0.25, 0.3) is 0 Å². The van der Waals surface area contributed by atoms with Gasteiger partial charge in [0.2, 0.25) is 0 Å². The molecule has 4 rings (SSSR count). The summed E-state index contributed by atoms with van der Waals surface area (Å²) in [5.74, 6) is 1.34. The second-order valence-corrected chi connectivity index (χ2v) is 9.24. The van der Waals surface area contributed by atoms with Gasteiger partial charge in [0, 0.05) is 11.1 Å². The summed E-state index contributed by atoms with van der Waals surface area (Å²) in [6.07, 6.45) is 6.18. The summed E-state index contributed by atoms with van der Waals surface area (Å²) < 4.78 is 12.7. The highest BCUT2D eigenvalue weighted by atomic mass is 79.9. The number of benzene rings is 2. The molecule has 0 saturated heterocycles. The third-order valence-corrected chi connectivity index (χ3v) is 6.94. The van der Waals surface area contributed by atoms with Gasteiger partial charge < -0.3 is 9.47 Å². The molecule has 1 aliphatic rings. The molecule has 0 amide bonds. The van der Waals surface area contributed by atoms with Gasteiger partial charge in [0.25, 0.3) is 0 Å². The van der Waals surface area contributed by atoms with Crippen molar-refractivity contribution in [3.8, 4) is 17.6 Å². The van der Waals surface area contributed by atoms with Gasteiger partial charge in [-0.3, -0.25) is 0 Å². The number of ether oxygens (including phenoxy) is 2. The summed E-state index contributed by atoms with van der Waals surface area (Å²) in [6.45, 7) is 2.94. The summed E-state index contributed by atoms with van der Waals surface area (Å²) in [4.78, 5) is 5.99. The van der Waals surface area contributed by atoms with Crippen LogP contribution >= 0.6 is 27.3 Å². The average molecular weight is 495 g/mol. The minimum absolute atomic E-state index is 0.458. The van der Waals surface area contributed by atoms with Crippen LogP contribution in [0.2, 0.25) is 0 Å². The van der Waals surface area contributed by atoms with E-state index in [-0.39, 0.29) is 0 Å². The second kappa shape index (κ2) is 10.1. The molecule has 0 N–H and O–H groups in total. The predicted octanol–water partition coefficient (Wildman–Crippen LogP) is 6.99. The molecule has 0 atom stereocenters. The van der Waals surface area contributed by atoms with E-state index in [9.17, 15) is 5.26 Å². The Morgan fingerprint density at radius 1 is 1.16 bits per heavy atom. The van der Waals surface area contributed by atoms with Crippen LogP contribution < -0.4 is 9.47 Å². The third-order valence-electron chi connectivity index (χ3n) is 5.15. The number of halogens is 1. The fraction of sp³-hybridized carbons (Fsp3) is 0.280. The van der Waals surface area contributed by atoms with Crippen molar-refractivity contribution in [3.05, 3.63) is 74.1 Å². The lowest BCUT2D eigenvalue weighted by Gasteiger charge is -2.14. The van der Waals surface area contributed by atoms with Crippen molar-refractivity contribution in [1.82, 2.24) is 0 Å². The number of hydrogen-bond acceptors (Lipinski definition) is 5.